The van der Waals surface area contributed by atoms with Gasteiger partial charge in [0.05, 0.1) is 23.4 Å². The van der Waals surface area contributed by atoms with E-state index < -0.39 is 0 Å². The summed E-state index contributed by atoms with van der Waals surface area (Å²) in [4.78, 5) is 18.8. The summed E-state index contributed by atoms with van der Waals surface area (Å²) in [6.07, 6.45) is 0. The van der Waals surface area contributed by atoms with Crippen LogP contribution in [-0.2, 0) is 4.74 Å². The van der Waals surface area contributed by atoms with Crippen molar-refractivity contribution in [1.29, 1.82) is 0 Å². The average molecular weight is 342 g/mol. The minimum atomic E-state index is -0.260. The molecule has 1 fully saturated rings. The van der Waals surface area contributed by atoms with E-state index in [1.54, 1.807) is 11.0 Å². The van der Waals surface area contributed by atoms with Gasteiger partial charge < -0.3 is 9.64 Å². The molecule has 4 rings (SSSR count). The molecule has 0 saturated carbocycles. The molecule has 6 heteroatoms. The largest absolute Gasteiger partial charge is 0.378 e. The molecule has 24 heavy (non-hydrogen) atoms. The summed E-state index contributed by atoms with van der Waals surface area (Å²) in [6.45, 7) is 2.44. The van der Waals surface area contributed by atoms with Crippen LogP contribution in [0, 0.1) is 5.82 Å². The molecule has 1 amide bonds. The number of rotatable bonds is 2. The van der Waals surface area contributed by atoms with Crippen LogP contribution in [0.5, 0.6) is 0 Å². The zero-order chi connectivity index (χ0) is 16.5. The number of fused-ring (bicyclic) bond motifs is 1. The van der Waals surface area contributed by atoms with Crippen molar-refractivity contribution in [2.24, 2.45) is 0 Å². The Bertz CT molecular complexity index is 886. The number of benzene rings is 2. The molecule has 0 unspecified atom stereocenters. The van der Waals surface area contributed by atoms with Gasteiger partial charge >= 0.3 is 0 Å². The minimum absolute atomic E-state index is 0.0243. The van der Waals surface area contributed by atoms with Gasteiger partial charge in [-0.15, -0.1) is 11.3 Å². The highest BCUT2D eigenvalue weighted by Crippen LogP contribution is 2.30. The number of nitrogens with zero attached hydrogens (tertiary/aromatic N) is 2. The molecular weight excluding hydrogens is 327 g/mol. The van der Waals surface area contributed by atoms with E-state index in [-0.39, 0.29) is 11.7 Å². The van der Waals surface area contributed by atoms with Gasteiger partial charge in [-0.1, -0.05) is 12.1 Å². The maximum atomic E-state index is 13.3. The predicted octanol–water partition coefficient (Wildman–Crippen LogP) is 3.57. The monoisotopic (exact) mass is 342 g/mol. The lowest BCUT2D eigenvalue weighted by Crippen LogP contribution is -2.40. The Morgan fingerprint density at radius 2 is 1.88 bits per heavy atom. The first-order valence-electron chi connectivity index (χ1n) is 7.74. The lowest BCUT2D eigenvalue weighted by atomic mass is 10.1. The molecule has 1 saturated heterocycles. The fourth-order valence-corrected chi connectivity index (χ4v) is 3.72. The Morgan fingerprint density at radius 3 is 2.62 bits per heavy atom. The van der Waals surface area contributed by atoms with Crippen LogP contribution in [0.4, 0.5) is 4.39 Å². The van der Waals surface area contributed by atoms with Crippen molar-refractivity contribution < 1.29 is 13.9 Å². The van der Waals surface area contributed by atoms with Gasteiger partial charge in [-0.3, -0.25) is 4.79 Å². The van der Waals surface area contributed by atoms with E-state index in [0.29, 0.717) is 31.9 Å². The quantitative estimate of drug-likeness (QED) is 0.715. The lowest BCUT2D eigenvalue weighted by molar-refractivity contribution is 0.0303. The SMILES string of the molecule is O=C(c1ccc(-c2nc3ccc(F)cc3s2)cc1)N1CCOCC1. The highest BCUT2D eigenvalue weighted by Gasteiger charge is 2.18. The van der Waals surface area contributed by atoms with Crippen LogP contribution in [0.1, 0.15) is 10.4 Å². The third-order valence-corrected chi connectivity index (χ3v) is 5.09. The Morgan fingerprint density at radius 1 is 1.12 bits per heavy atom. The smallest absolute Gasteiger partial charge is 0.254 e. The fraction of sp³-hybridized carbons (Fsp3) is 0.222. The average Bonchev–Trinajstić information content (AvgIpc) is 3.05. The fourth-order valence-electron chi connectivity index (χ4n) is 2.73. The Hall–Kier alpha value is -2.31. The number of carbonyl (C=O) groups excluding carboxylic acids is 1. The summed E-state index contributed by atoms with van der Waals surface area (Å²) in [5.74, 6) is -0.236. The van der Waals surface area contributed by atoms with Crippen molar-refractivity contribution in [3.8, 4) is 10.6 Å². The zero-order valence-electron chi connectivity index (χ0n) is 12.9. The molecule has 2 heterocycles. The number of aromatic nitrogens is 1. The third kappa shape index (κ3) is 2.90. The first-order valence-corrected chi connectivity index (χ1v) is 8.56. The van der Waals surface area contributed by atoms with E-state index >= 15 is 0 Å². The molecule has 0 bridgehead atoms. The first kappa shape index (κ1) is 15.2. The molecule has 1 aliphatic rings. The van der Waals surface area contributed by atoms with Crippen molar-refractivity contribution in [2.45, 2.75) is 0 Å². The number of hydrogen-bond donors (Lipinski definition) is 0. The number of amides is 1. The molecule has 3 aromatic rings. The van der Waals surface area contributed by atoms with E-state index in [9.17, 15) is 9.18 Å². The second-order valence-electron chi connectivity index (χ2n) is 5.61. The Balaban J connectivity index is 1.59. The summed E-state index contributed by atoms with van der Waals surface area (Å²) >= 11 is 1.44. The Labute approximate surface area is 142 Å². The van der Waals surface area contributed by atoms with Crippen molar-refractivity contribution >= 4 is 27.5 Å². The highest BCUT2D eigenvalue weighted by molar-refractivity contribution is 7.21. The maximum Gasteiger partial charge on any atom is 0.254 e. The lowest BCUT2D eigenvalue weighted by Gasteiger charge is -2.26. The van der Waals surface area contributed by atoms with Crippen molar-refractivity contribution in [1.82, 2.24) is 9.88 Å². The standard InChI is InChI=1S/C18H15FN2O2S/c19-14-5-6-15-16(11-14)24-17(20-15)12-1-3-13(4-2-12)18(22)21-7-9-23-10-8-21/h1-6,11H,7-10H2. The van der Waals surface area contributed by atoms with E-state index in [0.717, 1.165) is 20.8 Å². The zero-order valence-corrected chi connectivity index (χ0v) is 13.7. The van der Waals surface area contributed by atoms with Crippen LogP contribution in [0.2, 0.25) is 0 Å². The summed E-state index contributed by atoms with van der Waals surface area (Å²) in [5.41, 5.74) is 2.37. The number of thiazole rings is 1. The minimum Gasteiger partial charge on any atom is -0.378 e. The van der Waals surface area contributed by atoms with Gasteiger partial charge in [-0.05, 0) is 30.3 Å². The molecule has 0 radical (unpaired) electrons. The normalized spacial score (nSPS) is 15.0. The molecule has 2 aromatic carbocycles. The van der Waals surface area contributed by atoms with Gasteiger partial charge in [0.2, 0.25) is 0 Å². The van der Waals surface area contributed by atoms with Crippen LogP contribution < -0.4 is 0 Å². The topological polar surface area (TPSA) is 42.4 Å². The number of morpholine rings is 1. The van der Waals surface area contributed by atoms with E-state index in [2.05, 4.69) is 4.98 Å². The molecular formula is C18H15FN2O2S. The van der Waals surface area contributed by atoms with E-state index in [1.165, 1.54) is 23.5 Å². The molecule has 1 aromatic heterocycles. The number of halogens is 1. The van der Waals surface area contributed by atoms with Crippen LogP contribution in [0.15, 0.2) is 42.5 Å². The molecule has 0 N–H and O–H groups in total. The highest BCUT2D eigenvalue weighted by atomic mass is 32.1. The summed E-state index contributed by atoms with van der Waals surface area (Å²) in [6, 6.07) is 12.0. The molecule has 0 spiro atoms. The van der Waals surface area contributed by atoms with Crippen molar-refractivity contribution in [2.75, 3.05) is 26.3 Å². The van der Waals surface area contributed by atoms with Crippen molar-refractivity contribution in [3.05, 3.63) is 53.8 Å². The van der Waals surface area contributed by atoms with Crippen molar-refractivity contribution in [3.63, 3.8) is 0 Å². The third-order valence-electron chi connectivity index (χ3n) is 4.03. The second kappa shape index (κ2) is 6.30. The van der Waals surface area contributed by atoms with Gasteiger partial charge in [-0.25, -0.2) is 9.37 Å². The molecule has 4 nitrogen and oxygen atoms in total. The van der Waals surface area contributed by atoms with Crippen LogP contribution in [0.3, 0.4) is 0 Å². The van der Waals surface area contributed by atoms with Crippen LogP contribution in [-0.4, -0.2) is 42.1 Å². The maximum absolute atomic E-state index is 13.3. The number of ether oxygens (including phenoxy) is 1. The number of hydrogen-bond acceptors (Lipinski definition) is 4. The Kier molecular flexibility index (Phi) is 4.00. The summed E-state index contributed by atoms with van der Waals surface area (Å²) < 4.78 is 19.4. The molecule has 1 aliphatic heterocycles. The predicted molar refractivity (Wildman–Crippen MR) is 91.7 cm³/mol. The van der Waals surface area contributed by atoms with Gasteiger partial charge in [0.15, 0.2) is 0 Å². The van der Waals surface area contributed by atoms with Crippen LogP contribution in [0.25, 0.3) is 20.8 Å². The van der Waals surface area contributed by atoms with Gasteiger partial charge in [0, 0.05) is 24.2 Å². The molecule has 0 atom stereocenters. The van der Waals surface area contributed by atoms with Crippen LogP contribution >= 0.6 is 11.3 Å². The first-order chi connectivity index (χ1) is 11.7. The number of carbonyl (C=O) groups is 1. The van der Waals surface area contributed by atoms with Gasteiger partial charge in [-0.2, -0.15) is 0 Å². The molecule has 122 valence electrons. The second-order valence-corrected chi connectivity index (χ2v) is 6.64. The molecule has 0 aliphatic carbocycles. The van der Waals surface area contributed by atoms with E-state index in [4.69, 9.17) is 4.74 Å². The summed E-state index contributed by atoms with van der Waals surface area (Å²) in [7, 11) is 0. The van der Waals surface area contributed by atoms with Gasteiger partial charge in [0.25, 0.3) is 5.91 Å². The summed E-state index contributed by atoms with van der Waals surface area (Å²) in [5, 5.41) is 0.820. The van der Waals surface area contributed by atoms with E-state index in [1.807, 2.05) is 24.3 Å². The van der Waals surface area contributed by atoms with Gasteiger partial charge in [0.1, 0.15) is 10.8 Å².